The number of aromatic amines is 1. The van der Waals surface area contributed by atoms with Crippen molar-refractivity contribution >= 4 is 17.4 Å². The minimum Gasteiger partial charge on any atom is -0.497 e. The molecule has 166 valence electrons. The summed E-state index contributed by atoms with van der Waals surface area (Å²) in [6.07, 6.45) is 0. The molecule has 33 heavy (non-hydrogen) atoms. The number of methoxy groups -OCH3 is 2. The molecule has 1 N–H and O–H groups in total. The zero-order valence-corrected chi connectivity index (χ0v) is 18.5. The molecule has 1 heterocycles. The Morgan fingerprint density at radius 2 is 1.58 bits per heavy atom. The summed E-state index contributed by atoms with van der Waals surface area (Å²) in [6, 6.07) is 23.6. The van der Waals surface area contributed by atoms with Gasteiger partial charge in [-0.3, -0.25) is 14.9 Å². The SMILES string of the molecule is COC(=O)c1ccccc1N=C(C)c1c(-c2ccccc2)[nH]n(-c2ccc(OC)cc2)c1=O. The van der Waals surface area contributed by atoms with Crippen LogP contribution < -0.4 is 10.3 Å². The Hall–Kier alpha value is -4.39. The van der Waals surface area contributed by atoms with Crippen LogP contribution in [0.15, 0.2) is 88.6 Å². The minimum atomic E-state index is -0.491. The highest BCUT2D eigenvalue weighted by atomic mass is 16.5. The van der Waals surface area contributed by atoms with E-state index in [0.717, 1.165) is 5.56 Å². The third kappa shape index (κ3) is 4.34. The van der Waals surface area contributed by atoms with Gasteiger partial charge >= 0.3 is 5.97 Å². The fraction of sp³-hybridized carbons (Fsp3) is 0.115. The van der Waals surface area contributed by atoms with Gasteiger partial charge in [0.05, 0.1) is 48.1 Å². The van der Waals surface area contributed by atoms with E-state index in [1.54, 1.807) is 62.6 Å². The van der Waals surface area contributed by atoms with Gasteiger partial charge < -0.3 is 9.47 Å². The van der Waals surface area contributed by atoms with Gasteiger partial charge in [-0.2, -0.15) is 0 Å². The number of esters is 1. The van der Waals surface area contributed by atoms with Gasteiger partial charge in [0.1, 0.15) is 5.75 Å². The van der Waals surface area contributed by atoms with Crippen LogP contribution in [0.1, 0.15) is 22.8 Å². The molecule has 7 nitrogen and oxygen atoms in total. The van der Waals surface area contributed by atoms with E-state index in [2.05, 4.69) is 10.1 Å². The topological polar surface area (TPSA) is 85.7 Å². The largest absolute Gasteiger partial charge is 0.497 e. The van der Waals surface area contributed by atoms with Gasteiger partial charge in [0.15, 0.2) is 0 Å². The summed E-state index contributed by atoms with van der Waals surface area (Å²) >= 11 is 0. The van der Waals surface area contributed by atoms with Crippen LogP contribution in [-0.4, -0.2) is 35.7 Å². The number of H-pyrrole nitrogens is 1. The molecular formula is C26H23N3O4. The maximum atomic E-state index is 13.6. The molecule has 0 unspecified atom stereocenters. The van der Waals surface area contributed by atoms with Crippen LogP contribution in [0, 0.1) is 0 Å². The van der Waals surface area contributed by atoms with Crippen molar-refractivity contribution in [3.05, 3.63) is 100 Å². The van der Waals surface area contributed by atoms with Crippen molar-refractivity contribution in [3.63, 3.8) is 0 Å². The van der Waals surface area contributed by atoms with Crippen molar-refractivity contribution in [2.24, 2.45) is 4.99 Å². The third-order valence-electron chi connectivity index (χ3n) is 5.24. The summed E-state index contributed by atoms with van der Waals surface area (Å²) in [4.78, 5) is 30.4. The van der Waals surface area contributed by atoms with Crippen molar-refractivity contribution in [1.29, 1.82) is 0 Å². The number of rotatable bonds is 6. The van der Waals surface area contributed by atoms with Crippen LogP contribution >= 0.6 is 0 Å². The van der Waals surface area contributed by atoms with Crippen LogP contribution in [-0.2, 0) is 4.74 Å². The highest BCUT2D eigenvalue weighted by molar-refractivity contribution is 6.06. The Morgan fingerprint density at radius 1 is 0.909 bits per heavy atom. The highest BCUT2D eigenvalue weighted by Gasteiger charge is 2.20. The van der Waals surface area contributed by atoms with Crippen molar-refractivity contribution in [3.8, 4) is 22.7 Å². The molecule has 0 bridgehead atoms. The van der Waals surface area contributed by atoms with Crippen molar-refractivity contribution in [2.75, 3.05) is 14.2 Å². The fourth-order valence-corrected chi connectivity index (χ4v) is 3.59. The molecule has 1 aromatic heterocycles. The maximum absolute atomic E-state index is 13.6. The molecule has 0 amide bonds. The first kappa shape index (κ1) is 21.8. The second kappa shape index (κ2) is 9.40. The summed E-state index contributed by atoms with van der Waals surface area (Å²) in [6.45, 7) is 1.75. The molecule has 0 saturated carbocycles. The average Bonchev–Trinajstić information content (AvgIpc) is 3.21. The lowest BCUT2D eigenvalue weighted by Crippen LogP contribution is -2.19. The number of nitrogens with one attached hydrogen (secondary N) is 1. The second-order valence-corrected chi connectivity index (χ2v) is 7.27. The standard InChI is InChI=1S/C26H23N3O4/c1-17(27-22-12-8-7-11-21(22)26(31)33-3)23-24(18-9-5-4-6-10-18)28-29(25(23)30)19-13-15-20(32-2)16-14-19/h4-16,28H,1-3H3. The van der Waals surface area contributed by atoms with Crippen molar-refractivity contribution in [2.45, 2.75) is 6.92 Å². The Labute approximate surface area is 190 Å². The molecule has 0 spiro atoms. The summed E-state index contributed by atoms with van der Waals surface area (Å²) in [5.41, 5.74) is 3.52. The molecule has 4 rings (SSSR count). The number of hydrogen-bond acceptors (Lipinski definition) is 5. The van der Waals surface area contributed by atoms with Crippen molar-refractivity contribution in [1.82, 2.24) is 9.78 Å². The Balaban J connectivity index is 1.90. The summed E-state index contributed by atoms with van der Waals surface area (Å²) < 4.78 is 11.6. The van der Waals surface area contributed by atoms with Crippen LogP contribution in [0.25, 0.3) is 16.9 Å². The molecule has 0 fully saturated rings. The van der Waals surface area contributed by atoms with E-state index in [1.807, 2.05) is 30.3 Å². The molecule has 0 aliphatic heterocycles. The number of nitrogens with zero attached hydrogens (tertiary/aromatic N) is 2. The van der Waals surface area contributed by atoms with Gasteiger partial charge in [0, 0.05) is 5.56 Å². The summed E-state index contributed by atoms with van der Waals surface area (Å²) in [5.74, 6) is 0.203. The number of para-hydroxylation sites is 1. The monoisotopic (exact) mass is 441 g/mol. The second-order valence-electron chi connectivity index (χ2n) is 7.27. The molecule has 0 saturated heterocycles. The number of aromatic nitrogens is 2. The van der Waals surface area contributed by atoms with Gasteiger partial charge in [0.2, 0.25) is 0 Å². The van der Waals surface area contributed by atoms with E-state index in [0.29, 0.717) is 39.7 Å². The molecule has 0 radical (unpaired) electrons. The lowest BCUT2D eigenvalue weighted by Gasteiger charge is -2.06. The Bertz CT molecular complexity index is 1370. The van der Waals surface area contributed by atoms with E-state index in [-0.39, 0.29) is 5.56 Å². The normalized spacial score (nSPS) is 11.3. The van der Waals surface area contributed by atoms with Gasteiger partial charge in [-0.25, -0.2) is 9.48 Å². The van der Waals surface area contributed by atoms with Gasteiger partial charge in [0.25, 0.3) is 5.56 Å². The zero-order chi connectivity index (χ0) is 23.4. The van der Waals surface area contributed by atoms with Gasteiger partial charge in [-0.05, 0) is 43.3 Å². The first-order valence-corrected chi connectivity index (χ1v) is 10.3. The number of benzene rings is 3. The molecule has 0 aliphatic carbocycles. The maximum Gasteiger partial charge on any atom is 0.340 e. The Morgan fingerprint density at radius 3 is 2.24 bits per heavy atom. The lowest BCUT2D eigenvalue weighted by atomic mass is 10.0. The number of carbonyl (C=O) groups is 1. The van der Waals surface area contributed by atoms with E-state index >= 15 is 0 Å². The van der Waals surface area contributed by atoms with E-state index in [4.69, 9.17) is 9.47 Å². The predicted octanol–water partition coefficient (Wildman–Crippen LogP) is 4.77. The predicted molar refractivity (Wildman–Crippen MR) is 128 cm³/mol. The number of carbonyl (C=O) groups excluding carboxylic acids is 1. The van der Waals surface area contributed by atoms with E-state index in [9.17, 15) is 9.59 Å². The van der Waals surface area contributed by atoms with Crippen LogP contribution in [0.5, 0.6) is 5.75 Å². The average molecular weight is 441 g/mol. The quantitative estimate of drug-likeness (QED) is 0.345. The van der Waals surface area contributed by atoms with E-state index in [1.165, 1.54) is 11.8 Å². The molecule has 7 heteroatoms. The number of ether oxygens (including phenoxy) is 2. The highest BCUT2D eigenvalue weighted by Crippen LogP contribution is 2.25. The molecule has 3 aromatic carbocycles. The lowest BCUT2D eigenvalue weighted by molar-refractivity contribution is 0.0601. The third-order valence-corrected chi connectivity index (χ3v) is 5.24. The molecule has 0 atom stereocenters. The smallest absolute Gasteiger partial charge is 0.340 e. The van der Waals surface area contributed by atoms with Crippen molar-refractivity contribution < 1.29 is 14.3 Å². The van der Waals surface area contributed by atoms with Gasteiger partial charge in [-0.15, -0.1) is 0 Å². The fourth-order valence-electron chi connectivity index (χ4n) is 3.59. The molecular weight excluding hydrogens is 418 g/mol. The minimum absolute atomic E-state index is 0.254. The molecule has 0 aliphatic rings. The molecule has 4 aromatic rings. The van der Waals surface area contributed by atoms with E-state index < -0.39 is 5.97 Å². The summed E-state index contributed by atoms with van der Waals surface area (Å²) in [5, 5.41) is 3.23. The van der Waals surface area contributed by atoms with Crippen LogP contribution in [0.2, 0.25) is 0 Å². The van der Waals surface area contributed by atoms with Crippen LogP contribution in [0.4, 0.5) is 5.69 Å². The number of hydrogen-bond donors (Lipinski definition) is 1. The first-order valence-electron chi connectivity index (χ1n) is 10.3. The first-order chi connectivity index (χ1) is 16.0. The Kier molecular flexibility index (Phi) is 6.22. The zero-order valence-electron chi connectivity index (χ0n) is 18.5. The summed E-state index contributed by atoms with van der Waals surface area (Å²) in [7, 11) is 2.91. The van der Waals surface area contributed by atoms with Crippen LogP contribution in [0.3, 0.4) is 0 Å². The van der Waals surface area contributed by atoms with Gasteiger partial charge in [-0.1, -0.05) is 42.5 Å². The number of aliphatic imine (C=N–C) groups is 1.